The summed E-state index contributed by atoms with van der Waals surface area (Å²) in [7, 11) is 2.50. The van der Waals surface area contributed by atoms with Gasteiger partial charge in [0.05, 0.1) is 26.7 Å². The smallest absolute Gasteiger partial charge is 0.0818 e. The van der Waals surface area contributed by atoms with Gasteiger partial charge in [0, 0.05) is 17.8 Å². The molecule has 0 radical (unpaired) electrons. The van der Waals surface area contributed by atoms with Crippen LogP contribution in [0.25, 0.3) is 0 Å². The predicted molar refractivity (Wildman–Crippen MR) is 70.3 cm³/mol. The Morgan fingerprint density at radius 2 is 1.44 bits per heavy atom. The zero-order valence-corrected chi connectivity index (χ0v) is 11.5. The number of nitrogens with zero attached hydrogens (tertiary/aromatic N) is 1. The summed E-state index contributed by atoms with van der Waals surface area (Å²) in [4.78, 5) is 0. The topological polar surface area (TPSA) is 0 Å². The fourth-order valence-electron chi connectivity index (χ4n) is 4.36. The molecule has 94 valence electrons. The summed E-state index contributed by atoms with van der Waals surface area (Å²) in [5.41, 5.74) is 0. The lowest BCUT2D eigenvalue weighted by molar-refractivity contribution is -0.903. The molecule has 0 aromatic rings. The van der Waals surface area contributed by atoms with Gasteiger partial charge >= 0.3 is 0 Å². The van der Waals surface area contributed by atoms with Crippen LogP contribution in [0.1, 0.15) is 52.4 Å². The van der Waals surface area contributed by atoms with Crippen LogP contribution in [0.3, 0.4) is 0 Å². The molecule has 0 bridgehead atoms. The maximum Gasteiger partial charge on any atom is 0.0818 e. The average molecular weight is 224 g/mol. The first kappa shape index (κ1) is 12.4. The first-order valence-electron chi connectivity index (χ1n) is 7.43. The Bertz CT molecular complexity index is 205. The van der Waals surface area contributed by atoms with E-state index in [1.54, 1.807) is 0 Å². The highest BCUT2D eigenvalue weighted by Crippen LogP contribution is 2.37. The summed E-state index contributed by atoms with van der Waals surface area (Å²) in [5.74, 6) is 2.97. The molecule has 2 rings (SSSR count). The Balaban J connectivity index is 1.96. The fourth-order valence-corrected chi connectivity index (χ4v) is 4.36. The lowest BCUT2D eigenvalue weighted by Gasteiger charge is -2.31. The van der Waals surface area contributed by atoms with Gasteiger partial charge in [0.25, 0.3) is 0 Å². The van der Waals surface area contributed by atoms with Crippen LogP contribution < -0.4 is 0 Å². The van der Waals surface area contributed by atoms with E-state index >= 15 is 0 Å². The maximum absolute atomic E-state index is 2.50. The van der Waals surface area contributed by atoms with E-state index in [9.17, 15) is 0 Å². The molecule has 2 fully saturated rings. The van der Waals surface area contributed by atoms with Crippen molar-refractivity contribution in [2.24, 2.45) is 17.8 Å². The Hall–Kier alpha value is -0.0400. The molecule has 0 amide bonds. The van der Waals surface area contributed by atoms with E-state index in [4.69, 9.17) is 0 Å². The quantitative estimate of drug-likeness (QED) is 0.628. The third kappa shape index (κ3) is 3.00. The number of hydrogen-bond donors (Lipinski definition) is 0. The Kier molecular flexibility index (Phi) is 3.94. The van der Waals surface area contributed by atoms with Crippen molar-refractivity contribution in [2.45, 2.75) is 52.4 Å². The molecule has 2 atom stereocenters. The summed E-state index contributed by atoms with van der Waals surface area (Å²) in [6, 6.07) is 0. The number of quaternary nitrogens is 1. The number of fused-ring (bicyclic) bond motifs is 1. The number of rotatable bonds is 2. The van der Waals surface area contributed by atoms with Gasteiger partial charge < -0.3 is 4.48 Å². The van der Waals surface area contributed by atoms with Crippen molar-refractivity contribution in [1.29, 1.82) is 0 Å². The molecule has 1 heteroatoms. The highest BCUT2D eigenvalue weighted by atomic mass is 15.4. The third-order valence-electron chi connectivity index (χ3n) is 4.72. The van der Waals surface area contributed by atoms with E-state index in [1.807, 2.05) is 0 Å². The van der Waals surface area contributed by atoms with Crippen LogP contribution in [0.5, 0.6) is 0 Å². The van der Waals surface area contributed by atoms with E-state index in [0.717, 1.165) is 17.8 Å². The van der Waals surface area contributed by atoms with Crippen molar-refractivity contribution in [3.8, 4) is 0 Å². The second-order valence-corrected chi connectivity index (χ2v) is 7.07. The number of likely N-dealkylation sites (tertiary alicyclic amines) is 1. The molecule has 1 aliphatic heterocycles. The molecule has 1 saturated heterocycles. The van der Waals surface area contributed by atoms with Gasteiger partial charge in [0.1, 0.15) is 0 Å². The van der Waals surface area contributed by atoms with Crippen LogP contribution in [0.15, 0.2) is 0 Å². The zero-order chi connectivity index (χ0) is 11.6. The van der Waals surface area contributed by atoms with Gasteiger partial charge in [-0.3, -0.25) is 0 Å². The van der Waals surface area contributed by atoms with Crippen molar-refractivity contribution in [2.75, 3.05) is 26.7 Å². The van der Waals surface area contributed by atoms with Crippen molar-refractivity contribution in [3.05, 3.63) is 0 Å². The molecule has 1 aliphatic carbocycles. The van der Waals surface area contributed by atoms with Crippen LogP contribution >= 0.6 is 0 Å². The maximum atomic E-state index is 2.50. The molecule has 1 nitrogen and oxygen atoms in total. The van der Waals surface area contributed by atoms with E-state index in [1.165, 1.54) is 62.6 Å². The second-order valence-electron chi connectivity index (χ2n) is 7.07. The van der Waals surface area contributed by atoms with Crippen LogP contribution in [0, 0.1) is 17.8 Å². The molecule has 2 unspecified atom stereocenters. The van der Waals surface area contributed by atoms with Crippen molar-refractivity contribution >= 4 is 0 Å². The summed E-state index contributed by atoms with van der Waals surface area (Å²) in [6.07, 6.45) is 9.05. The Morgan fingerprint density at radius 3 is 1.88 bits per heavy atom. The van der Waals surface area contributed by atoms with Gasteiger partial charge in [-0.1, -0.05) is 39.5 Å². The second kappa shape index (κ2) is 5.08. The monoisotopic (exact) mass is 224 g/mol. The van der Waals surface area contributed by atoms with Crippen LogP contribution in [0.4, 0.5) is 0 Å². The summed E-state index contributed by atoms with van der Waals surface area (Å²) >= 11 is 0. The standard InChI is InChI=1S/C15H30N/c1-13(2)10-16(3)11-14-8-6-4-5-7-9-15(14)12-16/h13-15H,4-12H2,1-3H3/q+1. The molecule has 1 saturated carbocycles. The predicted octanol–water partition coefficient (Wildman–Crippen LogP) is 3.69. The SMILES string of the molecule is CC(C)C[N+]1(C)CC2CCCCCCC2C1. The van der Waals surface area contributed by atoms with Crippen molar-refractivity contribution in [1.82, 2.24) is 0 Å². The van der Waals surface area contributed by atoms with E-state index < -0.39 is 0 Å². The Labute approximate surface area is 102 Å². The summed E-state index contributed by atoms with van der Waals surface area (Å²) in [5, 5.41) is 0. The highest BCUT2D eigenvalue weighted by Gasteiger charge is 2.42. The third-order valence-corrected chi connectivity index (χ3v) is 4.72. The Morgan fingerprint density at radius 1 is 0.938 bits per heavy atom. The lowest BCUT2D eigenvalue weighted by atomic mass is 9.84. The number of hydrogen-bond acceptors (Lipinski definition) is 0. The van der Waals surface area contributed by atoms with Gasteiger partial charge in [-0.05, 0) is 12.8 Å². The minimum Gasteiger partial charge on any atom is -0.325 e. The molecule has 0 N–H and O–H groups in total. The summed E-state index contributed by atoms with van der Waals surface area (Å²) in [6.45, 7) is 9.10. The van der Waals surface area contributed by atoms with Crippen molar-refractivity contribution in [3.63, 3.8) is 0 Å². The van der Waals surface area contributed by atoms with E-state index in [0.29, 0.717) is 0 Å². The fraction of sp³-hybridized carbons (Fsp3) is 1.00. The van der Waals surface area contributed by atoms with Gasteiger partial charge in [-0.25, -0.2) is 0 Å². The highest BCUT2D eigenvalue weighted by molar-refractivity contribution is 4.78. The van der Waals surface area contributed by atoms with Gasteiger partial charge in [0.15, 0.2) is 0 Å². The summed E-state index contributed by atoms with van der Waals surface area (Å²) < 4.78 is 1.37. The molecule has 2 aliphatic rings. The average Bonchev–Trinajstić information content (AvgIpc) is 2.42. The largest absolute Gasteiger partial charge is 0.325 e. The molecular weight excluding hydrogens is 194 g/mol. The van der Waals surface area contributed by atoms with Crippen LogP contribution in [0.2, 0.25) is 0 Å². The molecule has 0 aromatic heterocycles. The minimum atomic E-state index is 0.856. The first-order valence-corrected chi connectivity index (χ1v) is 7.43. The lowest BCUT2D eigenvalue weighted by Crippen LogP contribution is -2.44. The van der Waals surface area contributed by atoms with Crippen LogP contribution in [-0.2, 0) is 0 Å². The van der Waals surface area contributed by atoms with Crippen molar-refractivity contribution < 1.29 is 4.48 Å². The van der Waals surface area contributed by atoms with Crippen LogP contribution in [-0.4, -0.2) is 31.2 Å². The normalized spacial score (nSPS) is 40.5. The molecule has 0 aromatic carbocycles. The zero-order valence-electron chi connectivity index (χ0n) is 11.5. The van der Waals surface area contributed by atoms with Gasteiger partial charge in [-0.15, -0.1) is 0 Å². The molecule has 16 heavy (non-hydrogen) atoms. The molecule has 1 heterocycles. The van der Waals surface area contributed by atoms with E-state index in [-0.39, 0.29) is 0 Å². The molecular formula is C15H30N+. The van der Waals surface area contributed by atoms with E-state index in [2.05, 4.69) is 20.9 Å². The first-order chi connectivity index (χ1) is 7.59. The molecule has 0 spiro atoms. The van der Waals surface area contributed by atoms with Gasteiger partial charge in [0.2, 0.25) is 0 Å². The van der Waals surface area contributed by atoms with Gasteiger partial charge in [-0.2, -0.15) is 0 Å². The minimum absolute atomic E-state index is 0.856.